The van der Waals surface area contributed by atoms with Crippen LogP contribution in [-0.2, 0) is 19.1 Å². The monoisotopic (exact) mass is 244 g/mol. The molecule has 0 spiro atoms. The second kappa shape index (κ2) is 7.27. The van der Waals surface area contributed by atoms with E-state index in [4.69, 9.17) is 9.47 Å². The molecule has 0 aromatic heterocycles. The van der Waals surface area contributed by atoms with Crippen molar-refractivity contribution in [3.05, 3.63) is 0 Å². The van der Waals surface area contributed by atoms with E-state index in [1.165, 1.54) is 4.90 Å². The third-order valence-corrected chi connectivity index (χ3v) is 3.01. The first-order valence-electron chi connectivity index (χ1n) is 6.33. The predicted octanol–water partition coefficient (Wildman–Crippen LogP) is -0.592. The van der Waals surface area contributed by atoms with E-state index in [0.717, 1.165) is 25.9 Å². The van der Waals surface area contributed by atoms with Gasteiger partial charge in [-0.1, -0.05) is 0 Å². The molecule has 1 fully saturated rings. The van der Waals surface area contributed by atoms with Crippen molar-refractivity contribution in [2.45, 2.75) is 26.7 Å². The first-order valence-corrected chi connectivity index (χ1v) is 6.33. The van der Waals surface area contributed by atoms with Crippen LogP contribution in [0.2, 0.25) is 0 Å². The van der Waals surface area contributed by atoms with Crippen molar-refractivity contribution in [3.63, 3.8) is 0 Å². The lowest BCUT2D eigenvalue weighted by atomic mass is 9.97. The highest BCUT2D eigenvalue weighted by Crippen LogP contribution is 2.11. The molecule has 98 valence electrons. The second-order valence-electron chi connectivity index (χ2n) is 4.26. The van der Waals surface area contributed by atoms with Crippen molar-refractivity contribution in [3.8, 4) is 0 Å². The summed E-state index contributed by atoms with van der Waals surface area (Å²) in [5.74, 6) is -0.235. The number of carbonyl (C=O) groups excluding carboxylic acids is 2. The van der Waals surface area contributed by atoms with Crippen LogP contribution in [0.3, 0.4) is 0 Å². The maximum atomic E-state index is 11.5. The van der Waals surface area contributed by atoms with Gasteiger partial charge in [0.2, 0.25) is 0 Å². The number of nitrogens with one attached hydrogen (secondary N) is 1. The molecular formula is C12H22NO4+. The van der Waals surface area contributed by atoms with Gasteiger partial charge >= 0.3 is 11.9 Å². The van der Waals surface area contributed by atoms with E-state index in [-0.39, 0.29) is 17.9 Å². The summed E-state index contributed by atoms with van der Waals surface area (Å²) < 4.78 is 9.90. The highest BCUT2D eigenvalue weighted by Gasteiger charge is 2.29. The van der Waals surface area contributed by atoms with Crippen LogP contribution >= 0.6 is 0 Å². The van der Waals surface area contributed by atoms with Gasteiger partial charge in [0.1, 0.15) is 0 Å². The van der Waals surface area contributed by atoms with Crippen LogP contribution < -0.4 is 4.90 Å². The van der Waals surface area contributed by atoms with Gasteiger partial charge in [0, 0.05) is 12.8 Å². The molecule has 0 atom stereocenters. The standard InChI is InChI=1S/C12H21NO4/c1-3-16-11(14)9-13-7-5-10(6-8-13)12(15)17-4-2/h10H,3-9H2,1-2H3/p+1. The Morgan fingerprint density at radius 3 is 2.24 bits per heavy atom. The third-order valence-electron chi connectivity index (χ3n) is 3.01. The highest BCUT2D eigenvalue weighted by molar-refractivity contribution is 5.72. The Labute approximate surface area is 102 Å². The molecule has 1 saturated heterocycles. The average molecular weight is 244 g/mol. The van der Waals surface area contributed by atoms with Crippen LogP contribution in [0.25, 0.3) is 0 Å². The number of likely N-dealkylation sites (tertiary alicyclic amines) is 1. The zero-order valence-electron chi connectivity index (χ0n) is 10.7. The van der Waals surface area contributed by atoms with Crippen molar-refractivity contribution in [1.82, 2.24) is 0 Å². The van der Waals surface area contributed by atoms with Gasteiger partial charge in [-0.05, 0) is 13.8 Å². The average Bonchev–Trinajstić information content (AvgIpc) is 2.30. The van der Waals surface area contributed by atoms with Gasteiger partial charge in [-0.25, -0.2) is 4.79 Å². The number of quaternary nitrogens is 1. The van der Waals surface area contributed by atoms with Crippen molar-refractivity contribution in [2.75, 3.05) is 32.8 Å². The van der Waals surface area contributed by atoms with Crippen LogP contribution in [0.4, 0.5) is 0 Å². The van der Waals surface area contributed by atoms with Gasteiger partial charge in [0.05, 0.1) is 32.2 Å². The molecule has 0 aromatic rings. The molecule has 1 N–H and O–H groups in total. The van der Waals surface area contributed by atoms with Crippen LogP contribution in [0, 0.1) is 5.92 Å². The highest BCUT2D eigenvalue weighted by atomic mass is 16.5. The summed E-state index contributed by atoms with van der Waals surface area (Å²) in [5, 5.41) is 0. The Hall–Kier alpha value is -1.10. The lowest BCUT2D eigenvalue weighted by Gasteiger charge is -2.27. The molecule has 0 amide bonds. The molecule has 1 rings (SSSR count). The number of rotatable bonds is 5. The first-order chi connectivity index (χ1) is 8.17. The molecule has 1 heterocycles. The third kappa shape index (κ3) is 4.73. The lowest BCUT2D eigenvalue weighted by molar-refractivity contribution is -0.898. The van der Waals surface area contributed by atoms with Crippen LogP contribution in [0.15, 0.2) is 0 Å². The smallest absolute Gasteiger partial charge is 0.361 e. The van der Waals surface area contributed by atoms with Gasteiger partial charge < -0.3 is 14.4 Å². The Bertz CT molecular complexity index is 259. The number of hydrogen-bond donors (Lipinski definition) is 1. The number of ether oxygens (including phenoxy) is 2. The van der Waals surface area contributed by atoms with Gasteiger partial charge in [-0.15, -0.1) is 0 Å². The Kier molecular flexibility index (Phi) is 5.97. The number of carbonyl (C=O) groups is 2. The zero-order chi connectivity index (χ0) is 12.7. The first kappa shape index (κ1) is 14.0. The Balaban J connectivity index is 2.26. The minimum atomic E-state index is -0.155. The molecule has 0 aromatic carbocycles. The summed E-state index contributed by atoms with van der Waals surface area (Å²) in [4.78, 5) is 24.0. The molecule has 1 aliphatic heterocycles. The Morgan fingerprint density at radius 2 is 1.71 bits per heavy atom. The topological polar surface area (TPSA) is 57.0 Å². The quantitative estimate of drug-likeness (QED) is 0.657. The van der Waals surface area contributed by atoms with E-state index in [1.54, 1.807) is 6.92 Å². The van der Waals surface area contributed by atoms with E-state index < -0.39 is 0 Å². The summed E-state index contributed by atoms with van der Waals surface area (Å²) in [6.45, 7) is 6.57. The molecule has 5 nitrogen and oxygen atoms in total. The zero-order valence-corrected chi connectivity index (χ0v) is 10.7. The van der Waals surface area contributed by atoms with Crippen LogP contribution in [0.1, 0.15) is 26.7 Å². The van der Waals surface area contributed by atoms with Gasteiger partial charge in [-0.3, -0.25) is 4.79 Å². The van der Waals surface area contributed by atoms with Gasteiger partial charge in [-0.2, -0.15) is 0 Å². The molecular weight excluding hydrogens is 222 g/mol. The summed E-state index contributed by atoms with van der Waals surface area (Å²) >= 11 is 0. The SMILES string of the molecule is CCOC(=O)C[NH+]1CCC(C(=O)OCC)CC1. The fraction of sp³-hybridized carbons (Fsp3) is 0.833. The molecule has 0 bridgehead atoms. The van der Waals surface area contributed by atoms with E-state index in [0.29, 0.717) is 19.8 Å². The van der Waals surface area contributed by atoms with Crippen molar-refractivity contribution < 1.29 is 24.0 Å². The van der Waals surface area contributed by atoms with Crippen LogP contribution in [-0.4, -0.2) is 44.8 Å². The minimum absolute atomic E-state index is 0.0147. The Morgan fingerprint density at radius 1 is 1.12 bits per heavy atom. The normalized spacial score (nSPS) is 24.1. The fourth-order valence-corrected chi connectivity index (χ4v) is 2.11. The number of piperidine rings is 1. The number of esters is 2. The maximum Gasteiger partial charge on any atom is 0.361 e. The van der Waals surface area contributed by atoms with Gasteiger partial charge in [0.25, 0.3) is 0 Å². The molecule has 0 radical (unpaired) electrons. The minimum Gasteiger partial charge on any atom is -0.466 e. The maximum absolute atomic E-state index is 11.5. The summed E-state index contributed by atoms with van der Waals surface area (Å²) in [5.41, 5.74) is 0. The second-order valence-corrected chi connectivity index (χ2v) is 4.26. The molecule has 17 heavy (non-hydrogen) atoms. The number of hydrogen-bond acceptors (Lipinski definition) is 4. The summed E-state index contributed by atoms with van der Waals surface area (Å²) in [6.07, 6.45) is 1.60. The molecule has 0 aliphatic carbocycles. The largest absolute Gasteiger partial charge is 0.466 e. The van der Waals surface area contributed by atoms with Gasteiger partial charge in [0.15, 0.2) is 6.54 Å². The molecule has 0 unspecified atom stereocenters. The van der Waals surface area contributed by atoms with Crippen molar-refractivity contribution in [2.24, 2.45) is 5.92 Å². The molecule has 0 saturated carbocycles. The molecule has 1 aliphatic rings. The van der Waals surface area contributed by atoms with Crippen molar-refractivity contribution in [1.29, 1.82) is 0 Å². The predicted molar refractivity (Wildman–Crippen MR) is 61.6 cm³/mol. The van der Waals surface area contributed by atoms with Crippen molar-refractivity contribution >= 4 is 11.9 Å². The van der Waals surface area contributed by atoms with E-state index in [2.05, 4.69) is 0 Å². The lowest BCUT2D eigenvalue weighted by Crippen LogP contribution is -3.14. The van der Waals surface area contributed by atoms with Crippen LogP contribution in [0.5, 0.6) is 0 Å². The fourth-order valence-electron chi connectivity index (χ4n) is 2.11. The van der Waals surface area contributed by atoms with E-state index in [9.17, 15) is 9.59 Å². The summed E-state index contributed by atoms with van der Waals surface area (Å²) in [6, 6.07) is 0. The summed E-state index contributed by atoms with van der Waals surface area (Å²) in [7, 11) is 0. The van der Waals surface area contributed by atoms with E-state index >= 15 is 0 Å². The van der Waals surface area contributed by atoms with E-state index in [1.807, 2.05) is 6.92 Å². The molecule has 5 heteroatoms.